The summed E-state index contributed by atoms with van der Waals surface area (Å²) in [4.78, 5) is 25.2. The number of hydrogen-bond acceptors (Lipinski definition) is 10. The molecule has 0 unspecified atom stereocenters. The zero-order valence-electron chi connectivity index (χ0n) is 18.7. The van der Waals surface area contributed by atoms with Crippen molar-refractivity contribution in [2.24, 2.45) is 5.10 Å². The normalized spacial score (nSPS) is 13.0. The molecule has 0 aliphatic carbocycles. The van der Waals surface area contributed by atoms with Crippen molar-refractivity contribution in [2.75, 3.05) is 4.90 Å². The number of aromatic hydroxyl groups is 2. The van der Waals surface area contributed by atoms with Gasteiger partial charge in [-0.15, -0.1) is 10.2 Å². The molecule has 0 spiro atoms. The maximum Gasteiger partial charge on any atom is 0.309 e. The van der Waals surface area contributed by atoms with E-state index in [0.29, 0.717) is 22.7 Å². The van der Waals surface area contributed by atoms with E-state index in [0.717, 1.165) is 5.56 Å². The van der Waals surface area contributed by atoms with Crippen LogP contribution in [0.2, 0.25) is 0 Å². The number of amides is 1. The standard InChI is InChI=1S/C23H22N6O5/c1-12(2)16-8-17(19(32)9-18(16)31)21-27-26-20(11-30)29(21)15-6-4-14(5-7-15)10-24-22(33)23-28-25-13(3)34-23/h4-9,12,26,31-32H,10H2,1-3H3,(H,24,33). The van der Waals surface area contributed by atoms with Gasteiger partial charge >= 0.3 is 11.8 Å². The average Bonchev–Trinajstić information content (AvgIpc) is 3.44. The van der Waals surface area contributed by atoms with Crippen LogP contribution in [0.4, 0.5) is 5.69 Å². The van der Waals surface area contributed by atoms with Crippen LogP contribution in [0.15, 0.2) is 51.7 Å². The molecule has 4 rings (SSSR count). The SMILES string of the molecule is Cc1nnc(C(=O)NCc2ccc(N3C(=C=O)NN=C3c3cc(C(C)C)c(O)cc3O)cc2)o1. The Balaban J connectivity index is 1.57. The van der Waals surface area contributed by atoms with Crippen LogP contribution in [0.1, 0.15) is 53.0 Å². The third kappa shape index (κ3) is 4.32. The minimum atomic E-state index is -0.488. The summed E-state index contributed by atoms with van der Waals surface area (Å²) in [6.45, 7) is 5.63. The Bertz CT molecular complexity index is 1320. The van der Waals surface area contributed by atoms with Gasteiger partial charge in [-0.25, -0.2) is 4.79 Å². The van der Waals surface area contributed by atoms with Crippen molar-refractivity contribution in [1.82, 2.24) is 20.9 Å². The third-order valence-electron chi connectivity index (χ3n) is 5.18. The topological polar surface area (TPSA) is 153 Å². The van der Waals surface area contributed by atoms with E-state index in [2.05, 4.69) is 26.0 Å². The molecule has 11 nitrogen and oxygen atoms in total. The van der Waals surface area contributed by atoms with Crippen molar-refractivity contribution < 1.29 is 24.2 Å². The lowest BCUT2D eigenvalue weighted by Gasteiger charge is -2.21. The Morgan fingerprint density at radius 3 is 2.53 bits per heavy atom. The lowest BCUT2D eigenvalue weighted by molar-refractivity contribution is 0.0915. The van der Waals surface area contributed by atoms with Gasteiger partial charge in [0.05, 0.1) is 5.56 Å². The number of phenols is 2. The number of rotatable bonds is 6. The first-order valence-electron chi connectivity index (χ1n) is 10.4. The number of anilines is 1. The van der Waals surface area contributed by atoms with Crippen molar-refractivity contribution in [3.8, 4) is 11.5 Å². The maximum atomic E-state index is 12.1. The van der Waals surface area contributed by atoms with Gasteiger partial charge in [0.15, 0.2) is 11.8 Å². The summed E-state index contributed by atoms with van der Waals surface area (Å²) in [7, 11) is 0. The molecule has 0 saturated carbocycles. The number of nitrogens with one attached hydrogen (secondary N) is 2. The molecule has 2 heterocycles. The molecule has 1 aliphatic heterocycles. The maximum absolute atomic E-state index is 12.1. The van der Waals surface area contributed by atoms with Gasteiger partial charge in [-0.2, -0.15) is 5.10 Å². The molecule has 1 aromatic heterocycles. The van der Waals surface area contributed by atoms with Crippen molar-refractivity contribution in [2.45, 2.75) is 33.2 Å². The second kappa shape index (κ2) is 9.08. The summed E-state index contributed by atoms with van der Waals surface area (Å²) in [6.07, 6.45) is 0. The van der Waals surface area contributed by atoms with E-state index in [-0.39, 0.29) is 41.5 Å². The number of nitrogens with zero attached hydrogens (tertiary/aromatic N) is 4. The number of benzene rings is 2. The highest BCUT2D eigenvalue weighted by molar-refractivity contribution is 6.15. The van der Waals surface area contributed by atoms with Crippen LogP contribution in [0.3, 0.4) is 0 Å². The van der Waals surface area contributed by atoms with Crippen LogP contribution in [-0.4, -0.2) is 38.1 Å². The molecule has 3 aromatic rings. The fourth-order valence-corrected chi connectivity index (χ4v) is 3.46. The summed E-state index contributed by atoms with van der Waals surface area (Å²) in [5.74, 6) is 1.60. The number of aryl methyl sites for hydroxylation is 1. The molecule has 1 amide bonds. The molecule has 1 aliphatic rings. The average molecular weight is 462 g/mol. The minimum Gasteiger partial charge on any atom is -0.508 e. The summed E-state index contributed by atoms with van der Waals surface area (Å²) in [5, 5.41) is 34.8. The first-order chi connectivity index (χ1) is 16.3. The number of aromatic nitrogens is 2. The zero-order chi connectivity index (χ0) is 24.4. The number of hydrazone groups is 1. The van der Waals surface area contributed by atoms with Gasteiger partial charge in [0.2, 0.25) is 11.7 Å². The van der Waals surface area contributed by atoms with Gasteiger partial charge in [-0.1, -0.05) is 26.0 Å². The zero-order valence-corrected chi connectivity index (χ0v) is 18.7. The van der Waals surface area contributed by atoms with E-state index in [1.807, 2.05) is 19.8 Å². The summed E-state index contributed by atoms with van der Waals surface area (Å²) in [5.41, 5.74) is 4.94. The Kier molecular flexibility index (Phi) is 6.03. The van der Waals surface area contributed by atoms with E-state index >= 15 is 0 Å². The molecular formula is C23H22N6O5. The lowest BCUT2D eigenvalue weighted by atomic mass is 9.98. The van der Waals surface area contributed by atoms with Gasteiger partial charge in [-0.05, 0) is 35.2 Å². The number of carbonyl (C=O) groups excluding carboxylic acids is 2. The highest BCUT2D eigenvalue weighted by Crippen LogP contribution is 2.35. The quantitative estimate of drug-likeness (QED) is 0.404. The van der Waals surface area contributed by atoms with E-state index in [4.69, 9.17) is 4.42 Å². The molecule has 2 aromatic carbocycles. The second-order valence-corrected chi connectivity index (χ2v) is 7.89. The first kappa shape index (κ1) is 22.6. The Hall–Kier alpha value is -4.63. The number of carbonyl (C=O) groups is 1. The van der Waals surface area contributed by atoms with Crippen LogP contribution in [-0.2, 0) is 11.3 Å². The van der Waals surface area contributed by atoms with Gasteiger partial charge < -0.3 is 19.9 Å². The lowest BCUT2D eigenvalue weighted by Crippen LogP contribution is -2.29. The molecule has 0 radical (unpaired) electrons. The fourth-order valence-electron chi connectivity index (χ4n) is 3.46. The Labute approximate surface area is 194 Å². The largest absolute Gasteiger partial charge is 0.508 e. The Morgan fingerprint density at radius 2 is 1.91 bits per heavy atom. The Morgan fingerprint density at radius 1 is 1.18 bits per heavy atom. The summed E-state index contributed by atoms with van der Waals surface area (Å²) in [6, 6.07) is 9.90. The number of hydrogen-bond donors (Lipinski definition) is 4. The van der Waals surface area contributed by atoms with Crippen molar-refractivity contribution in [3.63, 3.8) is 0 Å². The van der Waals surface area contributed by atoms with Crippen LogP contribution in [0.25, 0.3) is 0 Å². The fraction of sp³-hybridized carbons (Fsp3) is 0.217. The van der Waals surface area contributed by atoms with E-state index in [1.54, 1.807) is 37.3 Å². The first-order valence-corrected chi connectivity index (χ1v) is 10.4. The van der Waals surface area contributed by atoms with Crippen molar-refractivity contribution in [1.29, 1.82) is 0 Å². The number of amidine groups is 1. The molecule has 0 fully saturated rings. The van der Waals surface area contributed by atoms with E-state index in [1.165, 1.54) is 11.0 Å². The molecule has 174 valence electrons. The van der Waals surface area contributed by atoms with Crippen LogP contribution >= 0.6 is 0 Å². The van der Waals surface area contributed by atoms with Crippen LogP contribution < -0.4 is 15.6 Å². The van der Waals surface area contributed by atoms with E-state index < -0.39 is 5.91 Å². The molecule has 34 heavy (non-hydrogen) atoms. The van der Waals surface area contributed by atoms with Gasteiger partial charge in [0, 0.05) is 25.2 Å². The summed E-state index contributed by atoms with van der Waals surface area (Å²) < 4.78 is 5.10. The van der Waals surface area contributed by atoms with Gasteiger partial charge in [-0.3, -0.25) is 15.1 Å². The monoisotopic (exact) mass is 462 g/mol. The molecule has 4 N–H and O–H groups in total. The van der Waals surface area contributed by atoms with Crippen molar-refractivity contribution in [3.05, 3.63) is 70.7 Å². The van der Waals surface area contributed by atoms with Crippen LogP contribution in [0.5, 0.6) is 11.5 Å². The van der Waals surface area contributed by atoms with Gasteiger partial charge in [0.1, 0.15) is 11.5 Å². The molecule has 0 atom stereocenters. The van der Waals surface area contributed by atoms with E-state index in [9.17, 15) is 19.8 Å². The third-order valence-corrected chi connectivity index (χ3v) is 5.18. The highest BCUT2D eigenvalue weighted by atomic mass is 16.4. The van der Waals surface area contributed by atoms with Crippen LogP contribution in [0, 0.1) is 6.92 Å². The molecule has 0 saturated heterocycles. The smallest absolute Gasteiger partial charge is 0.309 e. The molecule has 11 heteroatoms. The minimum absolute atomic E-state index is 0.00517. The highest BCUT2D eigenvalue weighted by Gasteiger charge is 2.29. The predicted octanol–water partition coefficient (Wildman–Crippen LogP) is 2.29. The molecular weight excluding hydrogens is 440 g/mol. The van der Waals surface area contributed by atoms with Crippen molar-refractivity contribution >= 4 is 23.4 Å². The predicted molar refractivity (Wildman–Crippen MR) is 122 cm³/mol. The summed E-state index contributed by atoms with van der Waals surface area (Å²) >= 11 is 0. The molecule has 0 bridgehead atoms. The van der Waals surface area contributed by atoms with Gasteiger partial charge in [0.25, 0.3) is 0 Å². The number of phenolic OH excluding ortho intramolecular Hbond substituents is 2. The second-order valence-electron chi connectivity index (χ2n) is 7.89.